The Morgan fingerprint density at radius 1 is 1.15 bits per heavy atom. The molecule has 0 radical (unpaired) electrons. The summed E-state index contributed by atoms with van der Waals surface area (Å²) >= 11 is 1.41. The van der Waals surface area contributed by atoms with E-state index in [1.54, 1.807) is 6.33 Å². The molecule has 138 valence electrons. The molecule has 1 aliphatic carbocycles. The molecule has 2 aromatic carbocycles. The number of benzene rings is 2. The minimum atomic E-state index is -0.0717. The molecule has 0 saturated heterocycles. The van der Waals surface area contributed by atoms with Crippen molar-refractivity contribution in [1.82, 2.24) is 14.8 Å². The summed E-state index contributed by atoms with van der Waals surface area (Å²) in [6, 6.07) is 15.7. The Morgan fingerprint density at radius 3 is 2.48 bits per heavy atom. The van der Waals surface area contributed by atoms with Crippen molar-refractivity contribution in [3.8, 4) is 11.5 Å². The van der Waals surface area contributed by atoms with Crippen LogP contribution in [0.4, 0.5) is 5.69 Å². The number of amides is 1. The number of aryl methyl sites for hydroxylation is 1. The minimum absolute atomic E-state index is 0.0717. The first-order valence-corrected chi connectivity index (χ1v) is 9.83. The second-order valence-electron chi connectivity index (χ2n) is 6.53. The van der Waals surface area contributed by atoms with Crippen LogP contribution in [0.15, 0.2) is 60.0 Å². The Labute approximate surface area is 162 Å². The molecule has 1 aliphatic rings. The predicted molar refractivity (Wildman–Crippen MR) is 105 cm³/mol. The topological polar surface area (TPSA) is 69.0 Å². The molecule has 4 rings (SSSR count). The number of hydrogen-bond donors (Lipinski definition) is 1. The second-order valence-corrected chi connectivity index (χ2v) is 7.47. The summed E-state index contributed by atoms with van der Waals surface area (Å²) in [6.45, 7) is 2.04. The Balaban J connectivity index is 1.29. The Bertz CT molecular complexity index is 918. The number of ether oxygens (including phenoxy) is 1. The molecule has 7 heteroatoms. The van der Waals surface area contributed by atoms with Gasteiger partial charge in [0.1, 0.15) is 17.8 Å². The summed E-state index contributed by atoms with van der Waals surface area (Å²) in [6.07, 6.45) is 4.06. The first-order valence-electron chi connectivity index (χ1n) is 8.84. The third-order valence-electron chi connectivity index (χ3n) is 4.21. The summed E-state index contributed by atoms with van der Waals surface area (Å²) in [5, 5.41) is 11.7. The molecule has 1 amide bonds. The zero-order chi connectivity index (χ0) is 18.6. The maximum absolute atomic E-state index is 12.2. The second kappa shape index (κ2) is 7.84. The summed E-state index contributed by atoms with van der Waals surface area (Å²) in [4.78, 5) is 12.2. The number of nitrogens with zero attached hydrogens (tertiary/aromatic N) is 3. The zero-order valence-corrected chi connectivity index (χ0v) is 15.8. The van der Waals surface area contributed by atoms with E-state index in [-0.39, 0.29) is 5.91 Å². The van der Waals surface area contributed by atoms with Gasteiger partial charge < -0.3 is 14.6 Å². The highest BCUT2D eigenvalue weighted by Crippen LogP contribution is 2.37. The van der Waals surface area contributed by atoms with Crippen LogP contribution in [0.25, 0.3) is 0 Å². The molecule has 0 aliphatic heterocycles. The van der Waals surface area contributed by atoms with E-state index >= 15 is 0 Å². The lowest BCUT2D eigenvalue weighted by molar-refractivity contribution is -0.113. The average molecular weight is 380 g/mol. The number of hydrogen-bond acceptors (Lipinski definition) is 5. The standard InChI is InChI=1S/C20H20N4O2S/c1-14-2-8-17(9-3-14)26-18-10-4-15(5-11-18)22-19(25)12-27-20-23-21-13-24(20)16-6-7-16/h2-5,8-11,13,16H,6-7,12H2,1H3,(H,22,25). The SMILES string of the molecule is Cc1ccc(Oc2ccc(NC(=O)CSc3nncn3C3CC3)cc2)cc1. The molecular formula is C20H20N4O2S. The summed E-state index contributed by atoms with van der Waals surface area (Å²) < 4.78 is 7.85. The first kappa shape index (κ1) is 17.6. The van der Waals surface area contributed by atoms with E-state index in [0.717, 1.165) is 35.2 Å². The predicted octanol–water partition coefficient (Wildman–Crippen LogP) is 4.44. The fourth-order valence-electron chi connectivity index (χ4n) is 2.61. The van der Waals surface area contributed by atoms with Crippen molar-refractivity contribution in [3.05, 3.63) is 60.4 Å². The van der Waals surface area contributed by atoms with Crippen LogP contribution in [0.2, 0.25) is 0 Å². The third kappa shape index (κ3) is 4.68. The molecule has 0 atom stereocenters. The largest absolute Gasteiger partial charge is 0.457 e. The number of anilines is 1. The molecule has 0 spiro atoms. The Hall–Kier alpha value is -2.80. The average Bonchev–Trinajstić information content (AvgIpc) is 3.41. The van der Waals surface area contributed by atoms with E-state index in [1.165, 1.54) is 17.3 Å². The van der Waals surface area contributed by atoms with Gasteiger partial charge in [-0.25, -0.2) is 0 Å². The molecule has 1 N–H and O–H groups in total. The maximum atomic E-state index is 12.2. The van der Waals surface area contributed by atoms with Gasteiger partial charge in [-0.3, -0.25) is 4.79 Å². The lowest BCUT2D eigenvalue weighted by Crippen LogP contribution is -2.14. The van der Waals surface area contributed by atoms with Crippen LogP contribution < -0.4 is 10.1 Å². The van der Waals surface area contributed by atoms with Crippen molar-refractivity contribution >= 4 is 23.4 Å². The third-order valence-corrected chi connectivity index (χ3v) is 5.16. The number of carbonyl (C=O) groups excluding carboxylic acids is 1. The summed E-state index contributed by atoms with van der Waals surface area (Å²) in [7, 11) is 0. The molecule has 27 heavy (non-hydrogen) atoms. The highest BCUT2D eigenvalue weighted by molar-refractivity contribution is 7.99. The van der Waals surface area contributed by atoms with Crippen molar-refractivity contribution in [2.45, 2.75) is 31.0 Å². The van der Waals surface area contributed by atoms with Gasteiger partial charge in [0.2, 0.25) is 5.91 Å². The molecule has 3 aromatic rings. The lowest BCUT2D eigenvalue weighted by Gasteiger charge is -2.08. The van der Waals surface area contributed by atoms with Crippen molar-refractivity contribution in [2.24, 2.45) is 0 Å². The molecule has 0 unspecified atom stereocenters. The fourth-order valence-corrected chi connectivity index (χ4v) is 3.40. The van der Waals surface area contributed by atoms with Crippen LogP contribution in [0.1, 0.15) is 24.4 Å². The Kier molecular flexibility index (Phi) is 5.11. The van der Waals surface area contributed by atoms with E-state index in [0.29, 0.717) is 11.8 Å². The van der Waals surface area contributed by atoms with Crippen molar-refractivity contribution in [3.63, 3.8) is 0 Å². The van der Waals surface area contributed by atoms with Crippen LogP contribution in [0, 0.1) is 6.92 Å². The monoisotopic (exact) mass is 380 g/mol. The smallest absolute Gasteiger partial charge is 0.234 e. The van der Waals surface area contributed by atoms with Crippen LogP contribution >= 0.6 is 11.8 Å². The zero-order valence-electron chi connectivity index (χ0n) is 15.0. The van der Waals surface area contributed by atoms with E-state index in [1.807, 2.05) is 55.5 Å². The highest BCUT2D eigenvalue weighted by Gasteiger charge is 2.26. The quantitative estimate of drug-likeness (QED) is 0.614. The van der Waals surface area contributed by atoms with Gasteiger partial charge in [0.25, 0.3) is 0 Å². The number of carbonyl (C=O) groups is 1. The van der Waals surface area contributed by atoms with Crippen molar-refractivity contribution in [2.75, 3.05) is 11.1 Å². The lowest BCUT2D eigenvalue weighted by atomic mass is 10.2. The van der Waals surface area contributed by atoms with E-state index in [2.05, 4.69) is 20.1 Å². The molecule has 1 fully saturated rings. The molecule has 1 aromatic heterocycles. The van der Waals surface area contributed by atoms with Crippen molar-refractivity contribution in [1.29, 1.82) is 0 Å². The molecule has 0 bridgehead atoms. The van der Waals surface area contributed by atoms with Crippen LogP contribution in [-0.4, -0.2) is 26.4 Å². The summed E-state index contributed by atoms with van der Waals surface area (Å²) in [5.74, 6) is 1.74. The maximum Gasteiger partial charge on any atom is 0.234 e. The van der Waals surface area contributed by atoms with Gasteiger partial charge in [0, 0.05) is 11.7 Å². The van der Waals surface area contributed by atoms with Crippen molar-refractivity contribution < 1.29 is 9.53 Å². The van der Waals surface area contributed by atoms with E-state index in [4.69, 9.17) is 4.74 Å². The van der Waals surface area contributed by atoms with E-state index < -0.39 is 0 Å². The van der Waals surface area contributed by atoms with Gasteiger partial charge in [-0.1, -0.05) is 29.5 Å². The number of nitrogens with one attached hydrogen (secondary N) is 1. The molecular weight excluding hydrogens is 360 g/mol. The normalized spacial score (nSPS) is 13.4. The number of aromatic nitrogens is 3. The van der Waals surface area contributed by atoms with Gasteiger partial charge in [0.05, 0.1) is 5.75 Å². The highest BCUT2D eigenvalue weighted by atomic mass is 32.2. The first-order chi connectivity index (χ1) is 13.2. The molecule has 6 nitrogen and oxygen atoms in total. The van der Waals surface area contributed by atoms with Gasteiger partial charge in [-0.15, -0.1) is 10.2 Å². The number of rotatable bonds is 7. The fraction of sp³-hybridized carbons (Fsp3) is 0.250. The van der Waals surface area contributed by atoms with E-state index in [9.17, 15) is 4.79 Å². The van der Waals surface area contributed by atoms with Crippen LogP contribution in [0.3, 0.4) is 0 Å². The van der Waals surface area contributed by atoms with Gasteiger partial charge >= 0.3 is 0 Å². The summed E-state index contributed by atoms with van der Waals surface area (Å²) in [5.41, 5.74) is 1.93. The molecule has 1 saturated carbocycles. The minimum Gasteiger partial charge on any atom is -0.457 e. The molecule has 1 heterocycles. The van der Waals surface area contributed by atoms with Gasteiger partial charge in [-0.2, -0.15) is 0 Å². The Morgan fingerprint density at radius 2 is 1.81 bits per heavy atom. The van der Waals surface area contributed by atoms with Crippen LogP contribution in [0.5, 0.6) is 11.5 Å². The van der Waals surface area contributed by atoms with Gasteiger partial charge in [-0.05, 0) is 56.2 Å². The van der Waals surface area contributed by atoms with Gasteiger partial charge in [0.15, 0.2) is 5.16 Å². The number of thioether (sulfide) groups is 1. The van der Waals surface area contributed by atoms with Crippen LogP contribution in [-0.2, 0) is 4.79 Å².